The van der Waals surface area contributed by atoms with Crippen LogP contribution in [0.5, 0.6) is 0 Å². The fourth-order valence-electron chi connectivity index (χ4n) is 11.9. The van der Waals surface area contributed by atoms with Crippen molar-refractivity contribution in [2.75, 3.05) is 39.6 Å². The van der Waals surface area contributed by atoms with Crippen molar-refractivity contribution in [3.63, 3.8) is 0 Å². The molecule has 0 aromatic carbocycles. The number of hydrogen-bond donors (Lipinski definition) is 3. The Morgan fingerprint density at radius 3 is 0.890 bits per heavy atom. The van der Waals surface area contributed by atoms with Crippen LogP contribution in [0.3, 0.4) is 0 Å². The van der Waals surface area contributed by atoms with Crippen LogP contribution >= 0.6 is 15.6 Å². The number of rotatable bonds is 77. The van der Waals surface area contributed by atoms with Crippen LogP contribution < -0.4 is 0 Å². The fourth-order valence-corrected chi connectivity index (χ4v) is 13.5. The molecule has 0 aliphatic rings. The van der Waals surface area contributed by atoms with Crippen molar-refractivity contribution in [2.24, 2.45) is 17.8 Å². The van der Waals surface area contributed by atoms with Gasteiger partial charge < -0.3 is 33.8 Å². The van der Waals surface area contributed by atoms with Crippen molar-refractivity contribution in [1.82, 2.24) is 0 Å². The van der Waals surface area contributed by atoms with Gasteiger partial charge in [0.15, 0.2) is 12.2 Å². The number of esters is 4. The molecule has 100 heavy (non-hydrogen) atoms. The highest BCUT2D eigenvalue weighted by Crippen LogP contribution is 2.45. The third kappa shape index (κ3) is 71.2. The summed E-state index contributed by atoms with van der Waals surface area (Å²) in [5.41, 5.74) is 0. The van der Waals surface area contributed by atoms with Gasteiger partial charge in [-0.1, -0.05) is 342 Å². The second-order valence-electron chi connectivity index (χ2n) is 29.4. The van der Waals surface area contributed by atoms with Crippen molar-refractivity contribution in [3.8, 4) is 0 Å². The third-order valence-electron chi connectivity index (χ3n) is 19.0. The van der Waals surface area contributed by atoms with E-state index < -0.39 is 97.5 Å². The Balaban J connectivity index is 5.26. The maximum absolute atomic E-state index is 13.1. The van der Waals surface area contributed by atoms with E-state index in [4.69, 9.17) is 37.0 Å². The summed E-state index contributed by atoms with van der Waals surface area (Å²) >= 11 is 0. The molecule has 0 heterocycles. The van der Waals surface area contributed by atoms with Gasteiger partial charge in [-0.2, -0.15) is 0 Å². The number of ether oxygens (including phenoxy) is 4. The molecule has 19 heteroatoms. The highest BCUT2D eigenvalue weighted by molar-refractivity contribution is 7.47. The number of aliphatic hydroxyl groups excluding tert-OH is 1. The van der Waals surface area contributed by atoms with Crippen molar-refractivity contribution >= 4 is 39.5 Å². The molecule has 3 N–H and O–H groups in total. The Labute approximate surface area is 612 Å². The Hall–Kier alpha value is -2.46. The van der Waals surface area contributed by atoms with Crippen LogP contribution in [0.15, 0.2) is 24.3 Å². The lowest BCUT2D eigenvalue weighted by atomic mass is 9.99. The van der Waals surface area contributed by atoms with E-state index in [-0.39, 0.29) is 25.7 Å². The smallest absolute Gasteiger partial charge is 0.462 e. The molecule has 0 aromatic rings. The van der Waals surface area contributed by atoms with Gasteiger partial charge in [-0.05, 0) is 69.1 Å². The summed E-state index contributed by atoms with van der Waals surface area (Å²) in [5.74, 6) is 0.222. The van der Waals surface area contributed by atoms with Crippen LogP contribution in [-0.4, -0.2) is 96.7 Å². The zero-order valence-electron chi connectivity index (χ0n) is 65.2. The summed E-state index contributed by atoms with van der Waals surface area (Å²) in [7, 11) is -9.93. The number of carbonyl (C=O) groups is 4. The largest absolute Gasteiger partial charge is 0.472 e. The molecule has 17 nitrogen and oxygen atoms in total. The zero-order chi connectivity index (χ0) is 73.7. The molecule has 0 radical (unpaired) electrons. The minimum absolute atomic E-state index is 0.100. The second kappa shape index (κ2) is 70.8. The molecule has 0 bridgehead atoms. The number of allylic oxidation sites excluding steroid dienone is 4. The first kappa shape index (κ1) is 97.5. The Bertz CT molecular complexity index is 2040. The first-order valence-corrected chi connectivity index (χ1v) is 44.2. The SMILES string of the molecule is CCCCCC/C=C\C=C/CCCCCCCC(=O)OC[C@H](COP(=O)(O)OC[C@@H](O)COP(=O)(O)OC[C@@H](COC(=O)CCCCCCCCC(C)C)OC(=O)CCCCCCCCCCCCCCCCC(C)CC)OC(=O)CCCCCCCCCCCCCCCCC(C)CC. The predicted molar refractivity (Wildman–Crippen MR) is 409 cm³/mol. The van der Waals surface area contributed by atoms with E-state index in [1.165, 1.54) is 180 Å². The number of unbranched alkanes of at least 4 members (excludes halogenated alkanes) is 40. The van der Waals surface area contributed by atoms with Gasteiger partial charge in [-0.15, -0.1) is 0 Å². The van der Waals surface area contributed by atoms with Gasteiger partial charge in [-0.25, -0.2) is 9.13 Å². The molecule has 0 fully saturated rings. The van der Waals surface area contributed by atoms with Crippen molar-refractivity contribution < 1.29 is 80.2 Å². The van der Waals surface area contributed by atoms with Crippen molar-refractivity contribution in [3.05, 3.63) is 24.3 Å². The maximum atomic E-state index is 13.1. The van der Waals surface area contributed by atoms with Crippen LogP contribution in [0.25, 0.3) is 0 Å². The molecule has 0 spiro atoms. The van der Waals surface area contributed by atoms with Crippen LogP contribution in [0.4, 0.5) is 0 Å². The molecule has 0 saturated carbocycles. The van der Waals surface area contributed by atoms with Gasteiger partial charge in [0.05, 0.1) is 26.4 Å². The Kier molecular flexibility index (Phi) is 69.1. The number of phosphoric acid groups is 2. The lowest BCUT2D eigenvalue weighted by molar-refractivity contribution is -0.161. The zero-order valence-corrected chi connectivity index (χ0v) is 66.9. The summed E-state index contributed by atoms with van der Waals surface area (Å²) in [6.07, 6.45) is 61.9. The number of carbonyl (C=O) groups excluding carboxylic acids is 4. The molecule has 0 amide bonds. The molecule has 0 rings (SSSR count). The lowest BCUT2D eigenvalue weighted by Gasteiger charge is -2.21. The molecule has 590 valence electrons. The van der Waals surface area contributed by atoms with Gasteiger partial charge in [0.2, 0.25) is 0 Å². The summed E-state index contributed by atoms with van der Waals surface area (Å²) < 4.78 is 68.6. The van der Waals surface area contributed by atoms with Gasteiger partial charge in [0, 0.05) is 25.7 Å². The first-order valence-electron chi connectivity index (χ1n) is 41.2. The van der Waals surface area contributed by atoms with E-state index in [1.807, 2.05) is 0 Å². The van der Waals surface area contributed by atoms with E-state index in [2.05, 4.69) is 72.8 Å². The minimum Gasteiger partial charge on any atom is -0.462 e. The lowest BCUT2D eigenvalue weighted by Crippen LogP contribution is -2.30. The molecular weight excluding hydrogens is 1310 g/mol. The van der Waals surface area contributed by atoms with Gasteiger partial charge in [0.1, 0.15) is 19.3 Å². The highest BCUT2D eigenvalue weighted by atomic mass is 31.2. The van der Waals surface area contributed by atoms with Crippen LogP contribution in [-0.2, 0) is 65.4 Å². The van der Waals surface area contributed by atoms with E-state index in [0.29, 0.717) is 31.6 Å². The first-order chi connectivity index (χ1) is 48.3. The Morgan fingerprint density at radius 1 is 0.330 bits per heavy atom. The van der Waals surface area contributed by atoms with Crippen LogP contribution in [0, 0.1) is 17.8 Å². The minimum atomic E-state index is -4.97. The normalized spacial score (nSPS) is 14.7. The van der Waals surface area contributed by atoms with E-state index >= 15 is 0 Å². The Morgan fingerprint density at radius 2 is 0.590 bits per heavy atom. The van der Waals surface area contributed by atoms with E-state index in [9.17, 15) is 43.2 Å². The third-order valence-corrected chi connectivity index (χ3v) is 20.9. The molecule has 4 unspecified atom stereocenters. The molecule has 0 aliphatic heterocycles. The summed E-state index contributed by atoms with van der Waals surface area (Å²) in [6.45, 7) is 11.9. The molecular formula is C81H154O17P2. The fraction of sp³-hybridized carbons (Fsp3) is 0.901. The summed E-state index contributed by atoms with van der Waals surface area (Å²) in [6, 6.07) is 0. The quantitative estimate of drug-likeness (QED) is 0.0169. The average Bonchev–Trinajstić information content (AvgIpc) is 0.946. The molecule has 0 aliphatic carbocycles. The van der Waals surface area contributed by atoms with Gasteiger partial charge >= 0.3 is 39.5 Å². The van der Waals surface area contributed by atoms with Crippen molar-refractivity contribution in [2.45, 2.75) is 414 Å². The van der Waals surface area contributed by atoms with Crippen molar-refractivity contribution in [1.29, 1.82) is 0 Å². The maximum Gasteiger partial charge on any atom is 0.472 e. The average molecular weight is 1460 g/mol. The van der Waals surface area contributed by atoms with Crippen LogP contribution in [0.2, 0.25) is 0 Å². The molecule has 0 saturated heterocycles. The van der Waals surface area contributed by atoms with E-state index in [0.717, 1.165) is 127 Å². The van der Waals surface area contributed by atoms with E-state index in [1.54, 1.807) is 0 Å². The number of hydrogen-bond acceptors (Lipinski definition) is 15. The number of aliphatic hydroxyl groups is 1. The monoisotopic (exact) mass is 1460 g/mol. The molecule has 7 atom stereocenters. The highest BCUT2D eigenvalue weighted by Gasteiger charge is 2.30. The summed E-state index contributed by atoms with van der Waals surface area (Å²) in [5, 5.41) is 10.6. The van der Waals surface area contributed by atoms with Gasteiger partial charge in [0.25, 0.3) is 0 Å². The number of phosphoric ester groups is 2. The van der Waals surface area contributed by atoms with Gasteiger partial charge in [-0.3, -0.25) is 37.3 Å². The molecule has 0 aromatic heterocycles. The standard InChI is InChI=1S/C81H154O17P2/c1-8-11-12-13-14-15-16-17-18-25-30-35-40-48-55-62-78(83)91-68-76(97-80(85)64-57-50-41-36-31-26-21-19-23-28-33-38-46-53-60-73(6)9-2)70-95-99(87,88)93-66-75(82)67-94-100(89,90)96-71-77(69-92-79(84)63-56-49-44-43-45-52-59-72(4)5)98-81(86)65-58-51-42-37-32-27-22-20-24-29-34-39-47-54-61-74(7)10-3/h15-18,72-77,82H,8-14,19-71H2,1-7H3,(H,87,88)(H,89,90)/b16-15-,18-17-/t73?,74?,75-,76-,77-/m1/s1. The summed E-state index contributed by atoms with van der Waals surface area (Å²) in [4.78, 5) is 73.0. The second-order valence-corrected chi connectivity index (χ2v) is 32.3. The predicted octanol–water partition coefficient (Wildman–Crippen LogP) is 23.7. The van der Waals surface area contributed by atoms with Crippen LogP contribution in [0.1, 0.15) is 395 Å². The topological polar surface area (TPSA) is 237 Å².